The molecule has 1 aliphatic heterocycles. The van der Waals surface area contributed by atoms with Crippen molar-refractivity contribution in [2.45, 2.75) is 13.0 Å². The van der Waals surface area contributed by atoms with Gasteiger partial charge >= 0.3 is 0 Å². The molecule has 7 nitrogen and oxygen atoms in total. The van der Waals surface area contributed by atoms with Crippen LogP contribution >= 0.6 is 0 Å². The Morgan fingerprint density at radius 2 is 2.30 bits per heavy atom. The molecule has 1 atom stereocenters. The number of rotatable bonds is 3. The molecule has 0 bridgehead atoms. The van der Waals surface area contributed by atoms with E-state index in [-0.39, 0.29) is 18.3 Å². The van der Waals surface area contributed by atoms with Crippen LogP contribution in [0.4, 0.5) is 5.69 Å². The van der Waals surface area contributed by atoms with E-state index in [1.165, 1.54) is 0 Å². The minimum absolute atomic E-state index is 0.0563. The lowest BCUT2D eigenvalue weighted by atomic mass is 10.1. The lowest BCUT2D eigenvalue weighted by molar-refractivity contribution is -0.142. The van der Waals surface area contributed by atoms with Crippen LogP contribution in [0, 0.1) is 6.92 Å². The van der Waals surface area contributed by atoms with Gasteiger partial charge in [-0.2, -0.15) is 0 Å². The number of oxime groups is 1. The Morgan fingerprint density at radius 1 is 1.50 bits per heavy atom. The van der Waals surface area contributed by atoms with Gasteiger partial charge in [0.15, 0.2) is 11.9 Å². The first-order valence-corrected chi connectivity index (χ1v) is 6.21. The summed E-state index contributed by atoms with van der Waals surface area (Å²) in [5, 5.41) is 14.5. The lowest BCUT2D eigenvalue weighted by Crippen LogP contribution is -2.39. The first-order valence-electron chi connectivity index (χ1n) is 6.21. The summed E-state index contributed by atoms with van der Waals surface area (Å²) in [6, 6.07) is 5.27. The Labute approximate surface area is 116 Å². The molecule has 1 aromatic rings. The molecule has 1 aromatic carbocycles. The standard InChI is InChI=1S/C13H17N3O4/c1-8-3-2-4-9(11(8)12(14)16-18)15-13(17)10-7-19-5-6-20-10/h2-4,10,18H,5-7H2,1H3,(H2,14,16)(H,15,17). The summed E-state index contributed by atoms with van der Waals surface area (Å²) in [6.45, 7) is 2.91. The zero-order chi connectivity index (χ0) is 14.5. The van der Waals surface area contributed by atoms with Crippen molar-refractivity contribution in [3.8, 4) is 0 Å². The fraction of sp³-hybridized carbons (Fsp3) is 0.385. The van der Waals surface area contributed by atoms with Crippen LogP contribution in [0.25, 0.3) is 0 Å². The fourth-order valence-corrected chi connectivity index (χ4v) is 2.01. The van der Waals surface area contributed by atoms with E-state index < -0.39 is 6.10 Å². The zero-order valence-corrected chi connectivity index (χ0v) is 11.1. The van der Waals surface area contributed by atoms with Crippen molar-refractivity contribution in [2.75, 3.05) is 25.1 Å². The second kappa shape index (κ2) is 6.36. The van der Waals surface area contributed by atoms with Gasteiger partial charge in [0, 0.05) is 5.56 Å². The molecular formula is C13H17N3O4. The SMILES string of the molecule is Cc1cccc(NC(=O)C2COCCO2)c1/C(N)=N/O. The van der Waals surface area contributed by atoms with Gasteiger partial charge in [-0.25, -0.2) is 0 Å². The maximum Gasteiger partial charge on any atom is 0.255 e. The summed E-state index contributed by atoms with van der Waals surface area (Å²) in [6.07, 6.45) is -0.649. The van der Waals surface area contributed by atoms with Crippen LogP contribution in [0.15, 0.2) is 23.4 Å². The summed E-state index contributed by atoms with van der Waals surface area (Å²) in [7, 11) is 0. The van der Waals surface area contributed by atoms with Gasteiger partial charge in [0.05, 0.1) is 25.5 Å². The van der Waals surface area contributed by atoms with Crippen LogP contribution in [0.5, 0.6) is 0 Å². The van der Waals surface area contributed by atoms with E-state index in [9.17, 15) is 4.79 Å². The predicted molar refractivity (Wildman–Crippen MR) is 72.9 cm³/mol. The summed E-state index contributed by atoms with van der Waals surface area (Å²) in [5.74, 6) is -0.374. The number of hydrogen-bond acceptors (Lipinski definition) is 5. The number of carbonyl (C=O) groups excluding carboxylic acids is 1. The number of amides is 1. The van der Waals surface area contributed by atoms with Gasteiger partial charge in [0.1, 0.15) is 0 Å². The molecule has 0 aliphatic carbocycles. The number of nitrogens with two attached hydrogens (primary N) is 1. The third-order valence-electron chi connectivity index (χ3n) is 3.00. The topological polar surface area (TPSA) is 106 Å². The van der Waals surface area contributed by atoms with Crippen LogP contribution in [-0.4, -0.2) is 42.9 Å². The van der Waals surface area contributed by atoms with Gasteiger partial charge in [-0.3, -0.25) is 4.79 Å². The van der Waals surface area contributed by atoms with Gasteiger partial charge in [0.2, 0.25) is 0 Å². The number of nitrogens with one attached hydrogen (secondary N) is 1. The monoisotopic (exact) mass is 279 g/mol. The number of hydrogen-bond donors (Lipinski definition) is 3. The van der Waals surface area contributed by atoms with E-state index in [1.54, 1.807) is 12.1 Å². The van der Waals surface area contributed by atoms with Gasteiger partial charge in [0.25, 0.3) is 5.91 Å². The van der Waals surface area contributed by atoms with Crippen LogP contribution in [0.2, 0.25) is 0 Å². The molecule has 1 heterocycles. The van der Waals surface area contributed by atoms with Gasteiger partial charge in [-0.15, -0.1) is 0 Å². The maximum absolute atomic E-state index is 12.1. The average Bonchev–Trinajstić information content (AvgIpc) is 2.47. The molecular weight excluding hydrogens is 262 g/mol. The number of anilines is 1. The molecule has 108 valence electrons. The number of carbonyl (C=O) groups is 1. The van der Waals surface area contributed by atoms with Crippen LogP contribution in [-0.2, 0) is 14.3 Å². The van der Waals surface area contributed by atoms with Gasteiger partial charge in [-0.1, -0.05) is 17.3 Å². The van der Waals surface area contributed by atoms with Gasteiger partial charge in [-0.05, 0) is 18.6 Å². The minimum Gasteiger partial charge on any atom is -0.409 e. The molecule has 4 N–H and O–H groups in total. The first kappa shape index (κ1) is 14.3. The number of aryl methyl sites for hydroxylation is 1. The quantitative estimate of drug-likeness (QED) is 0.322. The fourth-order valence-electron chi connectivity index (χ4n) is 2.01. The minimum atomic E-state index is -0.649. The highest BCUT2D eigenvalue weighted by Gasteiger charge is 2.24. The Balaban J connectivity index is 2.20. The second-order valence-corrected chi connectivity index (χ2v) is 4.41. The smallest absolute Gasteiger partial charge is 0.255 e. The molecule has 0 aromatic heterocycles. The summed E-state index contributed by atoms with van der Waals surface area (Å²) in [5.41, 5.74) is 7.39. The Morgan fingerprint density at radius 3 is 2.95 bits per heavy atom. The summed E-state index contributed by atoms with van der Waals surface area (Å²) < 4.78 is 10.5. The largest absolute Gasteiger partial charge is 0.409 e. The van der Waals surface area contributed by atoms with E-state index >= 15 is 0 Å². The normalized spacial score (nSPS) is 19.6. The van der Waals surface area contributed by atoms with Crippen molar-refractivity contribution in [3.63, 3.8) is 0 Å². The van der Waals surface area contributed by atoms with Crippen LogP contribution < -0.4 is 11.1 Å². The molecule has 1 amide bonds. The molecule has 0 spiro atoms. The van der Waals surface area contributed by atoms with Crippen molar-refractivity contribution in [1.29, 1.82) is 0 Å². The molecule has 0 saturated carbocycles. The number of benzene rings is 1. The highest BCUT2D eigenvalue weighted by Crippen LogP contribution is 2.20. The van der Waals surface area contributed by atoms with Crippen molar-refractivity contribution in [2.24, 2.45) is 10.9 Å². The number of amidine groups is 1. The van der Waals surface area contributed by atoms with Crippen LogP contribution in [0.3, 0.4) is 0 Å². The van der Waals surface area contributed by atoms with E-state index in [1.807, 2.05) is 13.0 Å². The second-order valence-electron chi connectivity index (χ2n) is 4.41. The van der Waals surface area contributed by atoms with Crippen molar-refractivity contribution < 1.29 is 19.5 Å². The molecule has 7 heteroatoms. The third-order valence-corrected chi connectivity index (χ3v) is 3.00. The maximum atomic E-state index is 12.1. The molecule has 2 rings (SSSR count). The molecule has 1 saturated heterocycles. The van der Waals surface area contributed by atoms with E-state index in [2.05, 4.69) is 10.5 Å². The number of ether oxygens (including phenoxy) is 2. The molecule has 0 radical (unpaired) electrons. The lowest BCUT2D eigenvalue weighted by Gasteiger charge is -2.22. The van der Waals surface area contributed by atoms with Crippen molar-refractivity contribution >= 4 is 17.4 Å². The molecule has 20 heavy (non-hydrogen) atoms. The molecule has 1 unspecified atom stereocenters. The molecule has 1 fully saturated rings. The van der Waals surface area contributed by atoms with Crippen molar-refractivity contribution in [3.05, 3.63) is 29.3 Å². The predicted octanol–water partition coefficient (Wildman–Crippen LogP) is 0.443. The highest BCUT2D eigenvalue weighted by atomic mass is 16.6. The average molecular weight is 279 g/mol. The third kappa shape index (κ3) is 3.06. The highest BCUT2D eigenvalue weighted by molar-refractivity contribution is 6.07. The van der Waals surface area contributed by atoms with Crippen molar-refractivity contribution in [1.82, 2.24) is 0 Å². The van der Waals surface area contributed by atoms with Gasteiger partial charge < -0.3 is 25.7 Å². The first-order chi connectivity index (χ1) is 9.63. The van der Waals surface area contributed by atoms with Crippen LogP contribution in [0.1, 0.15) is 11.1 Å². The Kier molecular flexibility index (Phi) is 4.54. The Bertz CT molecular complexity index is 524. The number of nitrogens with zero attached hydrogens (tertiary/aromatic N) is 1. The zero-order valence-electron chi connectivity index (χ0n) is 11.1. The van der Waals surface area contributed by atoms with E-state index in [4.69, 9.17) is 20.4 Å². The summed E-state index contributed by atoms with van der Waals surface area (Å²) >= 11 is 0. The molecule has 1 aliphatic rings. The summed E-state index contributed by atoms with van der Waals surface area (Å²) in [4.78, 5) is 12.1. The van der Waals surface area contributed by atoms with E-state index in [0.717, 1.165) is 5.56 Å². The van der Waals surface area contributed by atoms with E-state index in [0.29, 0.717) is 24.5 Å². The Hall–Kier alpha value is -2.12.